The molecule has 2 saturated carbocycles. The molecule has 2 aromatic rings. The Balaban J connectivity index is 1.18. The highest BCUT2D eigenvalue weighted by Crippen LogP contribution is 2.40. The Morgan fingerprint density at radius 2 is 1.80 bits per heavy atom. The second kappa shape index (κ2) is 11.8. The summed E-state index contributed by atoms with van der Waals surface area (Å²) in [5.41, 5.74) is 1.63. The van der Waals surface area contributed by atoms with Crippen molar-refractivity contribution in [2.75, 3.05) is 43.4 Å². The van der Waals surface area contributed by atoms with E-state index in [1.807, 2.05) is 18.1 Å². The van der Waals surface area contributed by atoms with Gasteiger partial charge < -0.3 is 25.4 Å². The van der Waals surface area contributed by atoms with Crippen LogP contribution in [0.4, 0.5) is 17.5 Å². The lowest BCUT2D eigenvalue weighted by Crippen LogP contribution is -2.53. The number of carbonyl (C=O) groups is 3. The zero-order valence-corrected chi connectivity index (χ0v) is 23.3. The number of aliphatic carboxylic acids is 1. The van der Waals surface area contributed by atoms with Gasteiger partial charge >= 0.3 is 11.9 Å². The van der Waals surface area contributed by atoms with Gasteiger partial charge in [-0.15, -0.1) is 0 Å². The van der Waals surface area contributed by atoms with Crippen LogP contribution in [0.1, 0.15) is 55.1 Å². The summed E-state index contributed by atoms with van der Waals surface area (Å²) in [6, 6.07) is 0.582. The number of nitrogens with one attached hydrogen (secondary N) is 2. The van der Waals surface area contributed by atoms with Crippen LogP contribution in [0, 0.1) is 18.8 Å². The minimum Gasteiger partial charge on any atom is -0.481 e. The summed E-state index contributed by atoms with van der Waals surface area (Å²) in [5.74, 6) is -1.31. The molecule has 0 spiro atoms. The van der Waals surface area contributed by atoms with Crippen molar-refractivity contribution in [3.63, 3.8) is 0 Å². The molecule has 216 valence electrons. The summed E-state index contributed by atoms with van der Waals surface area (Å²) < 4.78 is 6.98. The molecule has 40 heavy (non-hydrogen) atoms. The highest BCUT2D eigenvalue weighted by atomic mass is 16.5. The molecular formula is C27H38N8O5. The number of aryl methyl sites for hydroxylation is 2. The Kier molecular flexibility index (Phi) is 8.19. The summed E-state index contributed by atoms with van der Waals surface area (Å²) in [7, 11) is 1.83. The summed E-state index contributed by atoms with van der Waals surface area (Å²) in [6.07, 6.45) is 7.80. The topological polar surface area (TPSA) is 155 Å². The number of ether oxygens (including phenoxy) is 1. The summed E-state index contributed by atoms with van der Waals surface area (Å²) in [6.45, 7) is 6.72. The van der Waals surface area contributed by atoms with E-state index in [2.05, 4.69) is 30.6 Å². The minimum atomic E-state index is -0.866. The lowest BCUT2D eigenvalue weighted by Gasteiger charge is -2.42. The van der Waals surface area contributed by atoms with Crippen molar-refractivity contribution in [1.82, 2.24) is 29.5 Å². The molecule has 0 radical (unpaired) electrons. The van der Waals surface area contributed by atoms with Crippen molar-refractivity contribution >= 4 is 35.3 Å². The van der Waals surface area contributed by atoms with Crippen LogP contribution in [0.25, 0.3) is 0 Å². The van der Waals surface area contributed by atoms with Crippen LogP contribution in [0.2, 0.25) is 0 Å². The number of piperazine rings is 1. The second-order valence-electron chi connectivity index (χ2n) is 10.9. The van der Waals surface area contributed by atoms with Crippen LogP contribution in [0.5, 0.6) is 0 Å². The van der Waals surface area contributed by atoms with E-state index in [1.165, 1.54) is 0 Å². The third-order valence-corrected chi connectivity index (χ3v) is 8.14. The van der Waals surface area contributed by atoms with Crippen molar-refractivity contribution in [2.45, 2.75) is 58.0 Å². The molecule has 3 aliphatic rings. The van der Waals surface area contributed by atoms with Gasteiger partial charge in [-0.3, -0.25) is 19.2 Å². The number of nitrogens with zero attached hydrogens (tertiary/aromatic N) is 6. The smallest absolute Gasteiger partial charge is 0.343 e. The highest BCUT2D eigenvalue weighted by molar-refractivity contribution is 5.96. The predicted molar refractivity (Wildman–Crippen MR) is 146 cm³/mol. The molecule has 2 atom stereocenters. The highest BCUT2D eigenvalue weighted by Gasteiger charge is 2.50. The molecule has 5 rings (SSSR count). The maximum absolute atomic E-state index is 12.8. The van der Waals surface area contributed by atoms with Gasteiger partial charge in [0.15, 0.2) is 0 Å². The number of hydrogen-bond donors (Lipinski definition) is 3. The van der Waals surface area contributed by atoms with E-state index in [1.54, 1.807) is 24.7 Å². The standard InChI is InChI=1S/C27H38N8O5/c1-4-40-26(39)22-16(2)29-27(31-18-14-28-33(3)15-18)32-23(22)30-17-5-7-19(8-6-17)34-9-11-35(12-10-34)24(36)20-13-21(20)25(37)38/h14-15,17,19-21H,4-13H2,1-3H3,(H,37,38)(H2,29,30,31,32). The third kappa shape index (κ3) is 6.19. The van der Waals surface area contributed by atoms with Gasteiger partial charge in [0.1, 0.15) is 11.4 Å². The van der Waals surface area contributed by atoms with Gasteiger partial charge in [-0.25, -0.2) is 9.78 Å². The fourth-order valence-electron chi connectivity index (χ4n) is 5.86. The molecule has 13 heteroatoms. The largest absolute Gasteiger partial charge is 0.481 e. The van der Waals surface area contributed by atoms with Crippen LogP contribution < -0.4 is 10.6 Å². The first-order chi connectivity index (χ1) is 19.2. The van der Waals surface area contributed by atoms with Gasteiger partial charge in [0.25, 0.3) is 0 Å². The average molecular weight is 555 g/mol. The van der Waals surface area contributed by atoms with Gasteiger partial charge in [-0.05, 0) is 46.0 Å². The molecule has 2 unspecified atom stereocenters. The van der Waals surface area contributed by atoms with Crippen LogP contribution in [-0.4, -0.2) is 97.4 Å². The molecule has 2 aromatic heterocycles. The first-order valence-electron chi connectivity index (χ1n) is 14.1. The van der Waals surface area contributed by atoms with E-state index in [0.717, 1.165) is 44.5 Å². The van der Waals surface area contributed by atoms with Crippen LogP contribution >= 0.6 is 0 Å². The van der Waals surface area contributed by atoms with Gasteiger partial charge in [0.2, 0.25) is 11.9 Å². The first kappa shape index (κ1) is 27.8. The normalized spacial score (nSPS) is 24.8. The van der Waals surface area contributed by atoms with Crippen molar-refractivity contribution in [2.24, 2.45) is 18.9 Å². The third-order valence-electron chi connectivity index (χ3n) is 8.14. The number of rotatable bonds is 9. The van der Waals surface area contributed by atoms with Crippen molar-refractivity contribution in [3.8, 4) is 0 Å². The number of carboxylic acid groups (broad SMARTS) is 1. The molecule has 3 heterocycles. The van der Waals surface area contributed by atoms with Crippen LogP contribution in [0.15, 0.2) is 12.4 Å². The molecular weight excluding hydrogens is 516 g/mol. The monoisotopic (exact) mass is 554 g/mol. The molecule has 0 bridgehead atoms. The lowest BCUT2D eigenvalue weighted by atomic mass is 9.89. The number of aromatic nitrogens is 4. The van der Waals surface area contributed by atoms with Crippen molar-refractivity contribution in [3.05, 3.63) is 23.7 Å². The number of anilines is 3. The van der Waals surface area contributed by atoms with E-state index in [9.17, 15) is 14.4 Å². The molecule has 0 aromatic carbocycles. The van der Waals surface area contributed by atoms with E-state index >= 15 is 0 Å². The quantitative estimate of drug-likeness (QED) is 0.390. The second-order valence-corrected chi connectivity index (χ2v) is 10.9. The summed E-state index contributed by atoms with van der Waals surface area (Å²) >= 11 is 0. The van der Waals surface area contributed by atoms with Gasteiger partial charge in [-0.1, -0.05) is 0 Å². The molecule has 3 fully saturated rings. The Labute approximate surface area is 233 Å². The molecule has 13 nitrogen and oxygen atoms in total. The zero-order chi connectivity index (χ0) is 28.4. The Morgan fingerprint density at radius 1 is 1.07 bits per heavy atom. The van der Waals surface area contributed by atoms with E-state index in [4.69, 9.17) is 9.84 Å². The zero-order valence-electron chi connectivity index (χ0n) is 23.3. The van der Waals surface area contributed by atoms with Crippen molar-refractivity contribution < 1.29 is 24.2 Å². The van der Waals surface area contributed by atoms with E-state index in [-0.39, 0.29) is 24.5 Å². The van der Waals surface area contributed by atoms with Crippen LogP contribution in [-0.2, 0) is 21.4 Å². The molecule has 2 aliphatic carbocycles. The average Bonchev–Trinajstić information content (AvgIpc) is 3.64. The van der Waals surface area contributed by atoms with E-state index < -0.39 is 17.9 Å². The minimum absolute atomic E-state index is 0.00473. The summed E-state index contributed by atoms with van der Waals surface area (Å²) in [4.78, 5) is 50.0. The predicted octanol–water partition coefficient (Wildman–Crippen LogP) is 2.03. The Hall–Kier alpha value is -3.74. The number of amides is 1. The van der Waals surface area contributed by atoms with Crippen LogP contribution in [0.3, 0.4) is 0 Å². The number of esters is 1. The first-order valence-corrected chi connectivity index (χ1v) is 14.1. The van der Waals surface area contributed by atoms with Gasteiger partial charge in [0, 0.05) is 51.5 Å². The fourth-order valence-corrected chi connectivity index (χ4v) is 5.86. The molecule has 1 aliphatic heterocycles. The Bertz CT molecular complexity index is 1250. The maximum Gasteiger partial charge on any atom is 0.343 e. The summed E-state index contributed by atoms with van der Waals surface area (Å²) in [5, 5.41) is 20.0. The van der Waals surface area contributed by atoms with Gasteiger partial charge in [0.05, 0.1) is 36.0 Å². The number of hydrogen-bond acceptors (Lipinski definition) is 10. The van der Waals surface area contributed by atoms with E-state index in [0.29, 0.717) is 48.6 Å². The lowest BCUT2D eigenvalue weighted by molar-refractivity contribution is -0.142. The van der Waals surface area contributed by atoms with Gasteiger partial charge in [-0.2, -0.15) is 10.1 Å². The number of carbonyl (C=O) groups excluding carboxylic acids is 2. The number of carboxylic acids is 1. The van der Waals surface area contributed by atoms with Crippen molar-refractivity contribution in [1.29, 1.82) is 0 Å². The maximum atomic E-state index is 12.8. The Morgan fingerprint density at radius 3 is 2.40 bits per heavy atom. The SMILES string of the molecule is CCOC(=O)c1c(C)nc(Nc2cnn(C)c2)nc1NC1CCC(N2CCN(C(=O)C3CC3C(=O)O)CC2)CC1. The molecule has 3 N–H and O–H groups in total. The fraction of sp³-hybridized carbons (Fsp3) is 0.630. The molecule has 1 saturated heterocycles. The molecule has 1 amide bonds.